The average molecular weight is 366 g/mol. The first kappa shape index (κ1) is 18.1. The van der Waals surface area contributed by atoms with E-state index in [-0.39, 0.29) is 18.4 Å². The zero-order chi connectivity index (χ0) is 19.2. The van der Waals surface area contributed by atoms with Crippen LogP contribution in [0.5, 0.6) is 5.75 Å². The van der Waals surface area contributed by atoms with Crippen molar-refractivity contribution in [3.63, 3.8) is 0 Å². The number of benzene rings is 2. The molecule has 0 atom stereocenters. The normalized spacial score (nSPS) is 10.3. The van der Waals surface area contributed by atoms with E-state index in [2.05, 4.69) is 20.8 Å². The van der Waals surface area contributed by atoms with Gasteiger partial charge in [-0.25, -0.2) is 0 Å². The van der Waals surface area contributed by atoms with Gasteiger partial charge in [0.05, 0.1) is 5.56 Å². The van der Waals surface area contributed by atoms with Gasteiger partial charge < -0.3 is 19.9 Å². The van der Waals surface area contributed by atoms with Crippen molar-refractivity contribution < 1.29 is 18.8 Å². The summed E-state index contributed by atoms with van der Waals surface area (Å²) in [6, 6.07) is 13.5. The molecule has 0 fully saturated rings. The molecule has 0 aliphatic heterocycles. The highest BCUT2D eigenvalue weighted by Gasteiger charge is 2.14. The zero-order valence-electron chi connectivity index (χ0n) is 14.9. The Balaban J connectivity index is 1.70. The van der Waals surface area contributed by atoms with E-state index >= 15 is 0 Å². The molecule has 1 aromatic heterocycles. The van der Waals surface area contributed by atoms with E-state index in [0.29, 0.717) is 34.3 Å². The third-order valence-corrected chi connectivity index (χ3v) is 3.69. The molecule has 2 aromatic carbocycles. The number of anilines is 1. The molecule has 1 heterocycles. The third-order valence-electron chi connectivity index (χ3n) is 3.69. The van der Waals surface area contributed by atoms with E-state index in [9.17, 15) is 9.59 Å². The van der Waals surface area contributed by atoms with Gasteiger partial charge in [0.2, 0.25) is 11.7 Å². The van der Waals surface area contributed by atoms with Gasteiger partial charge in [-0.3, -0.25) is 9.59 Å². The molecule has 2 amide bonds. The molecule has 0 saturated carbocycles. The number of hydrogen-bond donors (Lipinski definition) is 2. The molecule has 0 aliphatic carbocycles. The van der Waals surface area contributed by atoms with Crippen LogP contribution in [0.1, 0.15) is 32.4 Å². The largest absolute Gasteiger partial charge is 0.485 e. The number of rotatable bonds is 6. The van der Waals surface area contributed by atoms with E-state index in [1.54, 1.807) is 62.5 Å². The van der Waals surface area contributed by atoms with Crippen molar-refractivity contribution in [1.82, 2.24) is 15.5 Å². The molecule has 0 unspecified atom stereocenters. The van der Waals surface area contributed by atoms with E-state index < -0.39 is 0 Å². The summed E-state index contributed by atoms with van der Waals surface area (Å²) in [6.07, 6.45) is 0. The highest BCUT2D eigenvalue weighted by molar-refractivity contribution is 6.06. The maximum Gasteiger partial charge on any atom is 0.259 e. The fraction of sp³-hybridized carbons (Fsp3) is 0.158. The highest BCUT2D eigenvalue weighted by Crippen LogP contribution is 2.21. The summed E-state index contributed by atoms with van der Waals surface area (Å²) < 4.78 is 10.6. The van der Waals surface area contributed by atoms with Crippen LogP contribution in [-0.2, 0) is 6.61 Å². The molecular formula is C19H18N4O4. The first-order chi connectivity index (χ1) is 13.1. The summed E-state index contributed by atoms with van der Waals surface area (Å²) in [5.41, 5.74) is 1.44. The molecule has 0 saturated heterocycles. The minimum Gasteiger partial charge on any atom is -0.485 e. The molecule has 3 aromatic rings. The van der Waals surface area contributed by atoms with E-state index in [1.807, 2.05) is 0 Å². The van der Waals surface area contributed by atoms with Gasteiger partial charge in [0.15, 0.2) is 6.61 Å². The second kappa shape index (κ2) is 8.13. The van der Waals surface area contributed by atoms with Crippen molar-refractivity contribution in [1.29, 1.82) is 0 Å². The molecule has 8 heteroatoms. The van der Waals surface area contributed by atoms with Gasteiger partial charge in [0.25, 0.3) is 11.8 Å². The topological polar surface area (TPSA) is 106 Å². The van der Waals surface area contributed by atoms with Gasteiger partial charge >= 0.3 is 0 Å². The smallest absolute Gasteiger partial charge is 0.259 e. The van der Waals surface area contributed by atoms with Crippen molar-refractivity contribution in [3.8, 4) is 5.75 Å². The standard InChI is InChI=1S/C19H18N4O4/c1-12-21-17(23-27-12)11-26-16-6-4-3-5-15(16)19(25)22-14-9-7-13(8-10-14)18(24)20-2/h3-10H,11H2,1-2H3,(H,20,24)(H,22,25). The number of aromatic nitrogens is 2. The molecule has 8 nitrogen and oxygen atoms in total. The van der Waals surface area contributed by atoms with Crippen LogP contribution < -0.4 is 15.4 Å². The molecule has 0 spiro atoms. The number of nitrogens with zero attached hydrogens (tertiary/aromatic N) is 2. The molecular weight excluding hydrogens is 348 g/mol. The molecule has 0 bridgehead atoms. The van der Waals surface area contributed by atoms with Gasteiger partial charge in [0.1, 0.15) is 5.75 Å². The highest BCUT2D eigenvalue weighted by atomic mass is 16.5. The van der Waals surface area contributed by atoms with Crippen LogP contribution >= 0.6 is 0 Å². The Kier molecular flexibility index (Phi) is 5.46. The van der Waals surface area contributed by atoms with E-state index in [0.717, 1.165) is 0 Å². The van der Waals surface area contributed by atoms with Gasteiger partial charge in [-0.15, -0.1) is 0 Å². The number of nitrogens with one attached hydrogen (secondary N) is 2. The van der Waals surface area contributed by atoms with Crippen LogP contribution in [0.4, 0.5) is 5.69 Å². The first-order valence-electron chi connectivity index (χ1n) is 8.21. The number of amides is 2. The Morgan fingerprint density at radius 1 is 1.07 bits per heavy atom. The van der Waals surface area contributed by atoms with Crippen LogP contribution in [0.3, 0.4) is 0 Å². The monoisotopic (exact) mass is 366 g/mol. The number of para-hydroxylation sites is 1. The van der Waals surface area contributed by atoms with Crippen molar-refractivity contribution >= 4 is 17.5 Å². The number of ether oxygens (including phenoxy) is 1. The van der Waals surface area contributed by atoms with Crippen molar-refractivity contribution in [2.24, 2.45) is 0 Å². The molecule has 0 radical (unpaired) electrons. The minimum absolute atomic E-state index is 0.0858. The number of aryl methyl sites for hydroxylation is 1. The van der Waals surface area contributed by atoms with Crippen LogP contribution in [0, 0.1) is 6.92 Å². The molecule has 2 N–H and O–H groups in total. The number of carbonyl (C=O) groups excluding carboxylic acids is 2. The second-order valence-corrected chi connectivity index (χ2v) is 5.63. The Labute approximate surface area is 155 Å². The van der Waals surface area contributed by atoms with E-state index in [1.165, 1.54) is 0 Å². The second-order valence-electron chi connectivity index (χ2n) is 5.63. The molecule has 0 aliphatic rings. The average Bonchev–Trinajstić information content (AvgIpc) is 3.11. The molecule has 3 rings (SSSR count). The predicted molar refractivity (Wildman–Crippen MR) is 97.6 cm³/mol. The molecule has 27 heavy (non-hydrogen) atoms. The number of hydrogen-bond acceptors (Lipinski definition) is 6. The maximum atomic E-state index is 12.6. The molecule has 138 valence electrons. The summed E-state index contributed by atoms with van der Waals surface area (Å²) in [6.45, 7) is 1.77. The lowest BCUT2D eigenvalue weighted by molar-refractivity contribution is 0.0962. The fourth-order valence-corrected chi connectivity index (χ4v) is 2.37. The van der Waals surface area contributed by atoms with Gasteiger partial charge in [-0.05, 0) is 36.4 Å². The lowest BCUT2D eigenvalue weighted by Crippen LogP contribution is -2.18. The fourth-order valence-electron chi connectivity index (χ4n) is 2.37. The van der Waals surface area contributed by atoms with Crippen LogP contribution in [0.25, 0.3) is 0 Å². The maximum absolute atomic E-state index is 12.6. The summed E-state index contributed by atoms with van der Waals surface area (Å²) in [5, 5.41) is 9.09. The predicted octanol–water partition coefficient (Wildman–Crippen LogP) is 2.57. The van der Waals surface area contributed by atoms with Crippen molar-refractivity contribution in [2.45, 2.75) is 13.5 Å². The van der Waals surface area contributed by atoms with Crippen molar-refractivity contribution in [3.05, 3.63) is 71.4 Å². The SMILES string of the molecule is CNC(=O)c1ccc(NC(=O)c2ccccc2OCc2noc(C)n2)cc1. The summed E-state index contributed by atoms with van der Waals surface area (Å²) in [5.74, 6) is 0.720. The van der Waals surface area contributed by atoms with Gasteiger partial charge in [0, 0.05) is 25.2 Å². The van der Waals surface area contributed by atoms with Crippen LogP contribution in [0.2, 0.25) is 0 Å². The Bertz CT molecular complexity index is 950. The van der Waals surface area contributed by atoms with Crippen molar-refractivity contribution in [2.75, 3.05) is 12.4 Å². The third kappa shape index (κ3) is 4.49. The Morgan fingerprint density at radius 2 is 1.81 bits per heavy atom. The minimum atomic E-state index is -0.331. The Morgan fingerprint density at radius 3 is 2.48 bits per heavy atom. The Hall–Kier alpha value is -3.68. The van der Waals surface area contributed by atoms with Crippen LogP contribution in [-0.4, -0.2) is 29.0 Å². The lowest BCUT2D eigenvalue weighted by atomic mass is 10.1. The summed E-state index contributed by atoms with van der Waals surface area (Å²) in [4.78, 5) is 28.2. The first-order valence-corrected chi connectivity index (χ1v) is 8.21. The summed E-state index contributed by atoms with van der Waals surface area (Å²) in [7, 11) is 1.56. The summed E-state index contributed by atoms with van der Waals surface area (Å²) >= 11 is 0. The van der Waals surface area contributed by atoms with Crippen LogP contribution in [0.15, 0.2) is 53.1 Å². The zero-order valence-corrected chi connectivity index (χ0v) is 14.9. The van der Waals surface area contributed by atoms with E-state index in [4.69, 9.17) is 9.26 Å². The van der Waals surface area contributed by atoms with Gasteiger partial charge in [-0.1, -0.05) is 17.3 Å². The van der Waals surface area contributed by atoms with Gasteiger partial charge in [-0.2, -0.15) is 4.98 Å². The quantitative estimate of drug-likeness (QED) is 0.694. The lowest BCUT2D eigenvalue weighted by Gasteiger charge is -2.11. The number of carbonyl (C=O) groups is 2.